The van der Waals surface area contributed by atoms with Gasteiger partial charge in [0.05, 0.1) is 5.52 Å². The Morgan fingerprint density at radius 3 is 2.61 bits per heavy atom. The van der Waals surface area contributed by atoms with E-state index in [1.807, 2.05) is 18.2 Å². The Bertz CT molecular complexity index is 562. The fourth-order valence-corrected chi connectivity index (χ4v) is 2.48. The van der Waals surface area contributed by atoms with E-state index in [1.54, 1.807) is 0 Å². The van der Waals surface area contributed by atoms with E-state index in [1.165, 1.54) is 0 Å². The van der Waals surface area contributed by atoms with Gasteiger partial charge >= 0.3 is 0 Å². The molecule has 94 valence electrons. The molecule has 1 aliphatic rings. The predicted octanol–water partition coefficient (Wildman–Crippen LogP) is 2.64. The number of pyridine rings is 1. The van der Waals surface area contributed by atoms with Gasteiger partial charge in [-0.05, 0) is 37.4 Å². The van der Waals surface area contributed by atoms with Gasteiger partial charge in [0.1, 0.15) is 5.82 Å². The number of rotatable bonds is 1. The molecule has 1 fully saturated rings. The van der Waals surface area contributed by atoms with E-state index < -0.39 is 0 Å². The van der Waals surface area contributed by atoms with Crippen molar-refractivity contribution < 1.29 is 0 Å². The molecule has 0 amide bonds. The highest BCUT2D eigenvalue weighted by atomic mass is 35.5. The third kappa shape index (κ3) is 2.28. The lowest BCUT2D eigenvalue weighted by Crippen LogP contribution is -2.44. The Balaban J connectivity index is 1.91. The molecule has 0 bridgehead atoms. The monoisotopic (exact) mass is 261 g/mol. The zero-order valence-corrected chi connectivity index (χ0v) is 11.2. The van der Waals surface area contributed by atoms with Crippen molar-refractivity contribution in [2.45, 2.75) is 0 Å². The van der Waals surface area contributed by atoms with Crippen molar-refractivity contribution in [2.75, 3.05) is 38.1 Å². The van der Waals surface area contributed by atoms with Crippen LogP contribution < -0.4 is 4.90 Å². The van der Waals surface area contributed by atoms with Crippen molar-refractivity contribution in [3.8, 4) is 0 Å². The van der Waals surface area contributed by atoms with Crippen molar-refractivity contribution in [3.05, 3.63) is 35.4 Å². The standard InChI is InChI=1S/C14H16ClN3/c1-17-6-8-18(9-7-17)14-5-2-11-10-12(15)3-4-13(11)16-14/h2-5,10H,6-9H2,1H3. The third-order valence-electron chi connectivity index (χ3n) is 3.46. The molecular weight excluding hydrogens is 246 g/mol. The number of piperazine rings is 1. The van der Waals surface area contributed by atoms with Crippen LogP contribution in [0.4, 0.5) is 5.82 Å². The van der Waals surface area contributed by atoms with E-state index >= 15 is 0 Å². The SMILES string of the molecule is CN1CCN(c2ccc3cc(Cl)ccc3n2)CC1. The number of benzene rings is 1. The lowest BCUT2D eigenvalue weighted by molar-refractivity contribution is 0.312. The first-order valence-corrected chi connectivity index (χ1v) is 6.60. The van der Waals surface area contributed by atoms with E-state index in [4.69, 9.17) is 16.6 Å². The molecule has 3 nitrogen and oxygen atoms in total. The summed E-state index contributed by atoms with van der Waals surface area (Å²) in [5.74, 6) is 1.07. The molecule has 0 unspecified atom stereocenters. The number of aromatic nitrogens is 1. The van der Waals surface area contributed by atoms with Gasteiger partial charge in [0, 0.05) is 36.6 Å². The molecule has 3 rings (SSSR count). The van der Waals surface area contributed by atoms with Gasteiger partial charge in [-0.15, -0.1) is 0 Å². The zero-order chi connectivity index (χ0) is 12.5. The van der Waals surface area contributed by atoms with Gasteiger partial charge in [-0.2, -0.15) is 0 Å². The van der Waals surface area contributed by atoms with Crippen LogP contribution >= 0.6 is 11.6 Å². The molecular formula is C14H16ClN3. The van der Waals surface area contributed by atoms with Gasteiger partial charge in [-0.1, -0.05) is 11.6 Å². The second-order valence-electron chi connectivity index (χ2n) is 4.80. The molecule has 2 aromatic rings. The summed E-state index contributed by atoms with van der Waals surface area (Å²) < 4.78 is 0. The highest BCUT2D eigenvalue weighted by Gasteiger charge is 2.15. The molecule has 4 heteroatoms. The molecule has 18 heavy (non-hydrogen) atoms. The Kier molecular flexibility index (Phi) is 3.10. The molecule has 1 aromatic carbocycles. The van der Waals surface area contributed by atoms with Gasteiger partial charge in [0.2, 0.25) is 0 Å². The Hall–Kier alpha value is -1.32. The number of anilines is 1. The summed E-state index contributed by atoms with van der Waals surface area (Å²) in [6.07, 6.45) is 0. The number of nitrogens with zero attached hydrogens (tertiary/aromatic N) is 3. The van der Waals surface area contributed by atoms with Gasteiger partial charge in [-0.3, -0.25) is 0 Å². The highest BCUT2D eigenvalue weighted by molar-refractivity contribution is 6.31. The average Bonchev–Trinajstić information content (AvgIpc) is 2.39. The third-order valence-corrected chi connectivity index (χ3v) is 3.70. The van der Waals surface area contributed by atoms with E-state index in [0.29, 0.717) is 0 Å². The molecule has 2 heterocycles. The zero-order valence-electron chi connectivity index (χ0n) is 10.4. The van der Waals surface area contributed by atoms with Gasteiger partial charge in [-0.25, -0.2) is 4.98 Å². The van der Waals surface area contributed by atoms with Crippen LogP contribution in [0.1, 0.15) is 0 Å². The number of hydrogen-bond acceptors (Lipinski definition) is 3. The summed E-state index contributed by atoms with van der Waals surface area (Å²) in [5, 5.41) is 1.86. The minimum absolute atomic E-state index is 0.761. The molecule has 1 aliphatic heterocycles. The number of likely N-dealkylation sites (N-methyl/N-ethyl adjacent to an activating group) is 1. The van der Waals surface area contributed by atoms with Crippen LogP contribution in [0.25, 0.3) is 10.9 Å². The fraction of sp³-hybridized carbons (Fsp3) is 0.357. The Morgan fingerprint density at radius 1 is 1.06 bits per heavy atom. The Morgan fingerprint density at radius 2 is 1.83 bits per heavy atom. The largest absolute Gasteiger partial charge is 0.354 e. The molecule has 0 N–H and O–H groups in total. The van der Waals surface area contributed by atoms with Crippen LogP contribution in [-0.2, 0) is 0 Å². The van der Waals surface area contributed by atoms with Crippen LogP contribution in [0, 0.1) is 0 Å². The van der Waals surface area contributed by atoms with E-state index in [-0.39, 0.29) is 0 Å². The number of hydrogen-bond donors (Lipinski definition) is 0. The Labute approximate surface area is 112 Å². The van der Waals surface area contributed by atoms with Crippen molar-refractivity contribution in [3.63, 3.8) is 0 Å². The topological polar surface area (TPSA) is 19.4 Å². The van der Waals surface area contributed by atoms with Crippen LogP contribution in [-0.4, -0.2) is 43.1 Å². The molecule has 0 atom stereocenters. The van der Waals surface area contributed by atoms with Gasteiger partial charge in [0.15, 0.2) is 0 Å². The molecule has 0 radical (unpaired) electrons. The molecule has 0 saturated carbocycles. The van der Waals surface area contributed by atoms with Crippen LogP contribution in [0.2, 0.25) is 5.02 Å². The summed E-state index contributed by atoms with van der Waals surface area (Å²) >= 11 is 5.98. The molecule has 1 saturated heterocycles. The number of fused-ring (bicyclic) bond motifs is 1. The van der Waals surface area contributed by atoms with Crippen molar-refractivity contribution in [2.24, 2.45) is 0 Å². The maximum absolute atomic E-state index is 5.98. The summed E-state index contributed by atoms with van der Waals surface area (Å²) in [5.41, 5.74) is 1.01. The van der Waals surface area contributed by atoms with Crippen molar-refractivity contribution >= 4 is 28.3 Å². The van der Waals surface area contributed by atoms with Crippen molar-refractivity contribution in [1.82, 2.24) is 9.88 Å². The quantitative estimate of drug-likeness (QED) is 0.787. The second kappa shape index (κ2) is 4.75. The summed E-state index contributed by atoms with van der Waals surface area (Å²) in [7, 11) is 2.16. The van der Waals surface area contributed by atoms with Crippen LogP contribution in [0.5, 0.6) is 0 Å². The lowest BCUT2D eigenvalue weighted by Gasteiger charge is -2.33. The molecule has 1 aromatic heterocycles. The smallest absolute Gasteiger partial charge is 0.129 e. The van der Waals surface area contributed by atoms with Crippen LogP contribution in [0.15, 0.2) is 30.3 Å². The first kappa shape index (κ1) is 11.8. The van der Waals surface area contributed by atoms with Crippen LogP contribution in [0.3, 0.4) is 0 Å². The maximum atomic E-state index is 5.98. The fourth-order valence-electron chi connectivity index (χ4n) is 2.30. The summed E-state index contributed by atoms with van der Waals surface area (Å²) in [4.78, 5) is 9.40. The van der Waals surface area contributed by atoms with Gasteiger partial charge in [0.25, 0.3) is 0 Å². The predicted molar refractivity (Wildman–Crippen MR) is 76.5 cm³/mol. The van der Waals surface area contributed by atoms with Gasteiger partial charge < -0.3 is 9.80 Å². The average molecular weight is 262 g/mol. The molecule has 0 spiro atoms. The van der Waals surface area contributed by atoms with E-state index in [2.05, 4.69) is 29.0 Å². The molecule has 0 aliphatic carbocycles. The second-order valence-corrected chi connectivity index (χ2v) is 5.23. The van der Waals surface area contributed by atoms with E-state index in [9.17, 15) is 0 Å². The maximum Gasteiger partial charge on any atom is 0.129 e. The highest BCUT2D eigenvalue weighted by Crippen LogP contribution is 2.22. The summed E-state index contributed by atoms with van der Waals surface area (Å²) in [6, 6.07) is 10.0. The van der Waals surface area contributed by atoms with Crippen molar-refractivity contribution in [1.29, 1.82) is 0 Å². The van der Waals surface area contributed by atoms with E-state index in [0.717, 1.165) is 47.9 Å². The first-order valence-electron chi connectivity index (χ1n) is 6.22. The lowest BCUT2D eigenvalue weighted by atomic mass is 10.2. The number of halogens is 1. The summed E-state index contributed by atoms with van der Waals surface area (Å²) in [6.45, 7) is 4.28. The minimum Gasteiger partial charge on any atom is -0.354 e. The normalized spacial score (nSPS) is 17.3. The minimum atomic E-state index is 0.761. The first-order chi connectivity index (χ1) is 8.72.